The predicted molar refractivity (Wildman–Crippen MR) is 76.0 cm³/mol. The fourth-order valence-corrected chi connectivity index (χ4v) is 2.03. The zero-order valence-corrected chi connectivity index (χ0v) is 12.2. The number of nitrogens with zero attached hydrogens (tertiary/aromatic N) is 1. The van der Waals surface area contributed by atoms with E-state index in [-0.39, 0.29) is 16.5 Å². The van der Waals surface area contributed by atoms with Crippen LogP contribution in [0.25, 0.3) is 0 Å². The van der Waals surface area contributed by atoms with Gasteiger partial charge in [-0.15, -0.1) is 0 Å². The number of amides is 1. The van der Waals surface area contributed by atoms with E-state index in [1.54, 1.807) is 19.1 Å². The summed E-state index contributed by atoms with van der Waals surface area (Å²) in [5.41, 5.74) is 0.996. The van der Waals surface area contributed by atoms with E-state index in [4.69, 9.17) is 11.6 Å². The molecule has 0 unspecified atom stereocenters. The van der Waals surface area contributed by atoms with Crippen LogP contribution in [0.3, 0.4) is 0 Å². The molecule has 0 radical (unpaired) electrons. The van der Waals surface area contributed by atoms with Crippen LogP contribution in [0.1, 0.15) is 15.9 Å². The molecule has 1 aromatic carbocycles. The maximum Gasteiger partial charge on any atom is 0.258 e. The fourth-order valence-electron chi connectivity index (χ4n) is 1.51. The molecule has 2 aromatic rings. The minimum atomic E-state index is -0.437. The Morgan fingerprint density at radius 1 is 1.47 bits per heavy atom. The zero-order chi connectivity index (χ0) is 14.0. The first-order valence-electron chi connectivity index (χ1n) is 5.36. The average Bonchev–Trinajstić information content (AvgIpc) is 2.38. The average molecular weight is 344 g/mol. The van der Waals surface area contributed by atoms with Crippen molar-refractivity contribution in [1.82, 2.24) is 4.98 Å². The summed E-state index contributed by atoms with van der Waals surface area (Å²) in [5.74, 6) is -0.816. The third-order valence-corrected chi connectivity index (χ3v) is 3.30. The topological polar surface area (TPSA) is 42.0 Å². The van der Waals surface area contributed by atoms with Crippen molar-refractivity contribution in [2.75, 3.05) is 5.32 Å². The number of hydrogen-bond donors (Lipinski definition) is 1. The Labute approximate surface area is 122 Å². The maximum atomic E-state index is 13.4. The lowest BCUT2D eigenvalue weighted by molar-refractivity contribution is 0.102. The first-order valence-corrected chi connectivity index (χ1v) is 6.53. The van der Waals surface area contributed by atoms with Crippen molar-refractivity contribution in [2.45, 2.75) is 6.92 Å². The van der Waals surface area contributed by atoms with Crippen molar-refractivity contribution in [1.29, 1.82) is 0 Å². The van der Waals surface area contributed by atoms with Gasteiger partial charge in [-0.1, -0.05) is 17.7 Å². The van der Waals surface area contributed by atoms with E-state index < -0.39 is 5.91 Å². The molecule has 0 aliphatic carbocycles. The van der Waals surface area contributed by atoms with Crippen molar-refractivity contribution >= 4 is 39.1 Å². The van der Waals surface area contributed by atoms with Crippen LogP contribution in [-0.2, 0) is 0 Å². The Balaban J connectivity index is 2.31. The SMILES string of the molecule is Cc1c(F)cccc1NC(=O)c1cc(Br)cnc1Cl. The quantitative estimate of drug-likeness (QED) is 0.831. The third kappa shape index (κ3) is 3.11. The lowest BCUT2D eigenvalue weighted by Gasteiger charge is -2.09. The van der Waals surface area contributed by atoms with Gasteiger partial charge in [0.05, 0.1) is 5.56 Å². The molecule has 98 valence electrons. The lowest BCUT2D eigenvalue weighted by Crippen LogP contribution is -2.14. The van der Waals surface area contributed by atoms with Crippen LogP contribution in [-0.4, -0.2) is 10.9 Å². The summed E-state index contributed by atoms with van der Waals surface area (Å²) in [4.78, 5) is 15.9. The van der Waals surface area contributed by atoms with E-state index in [0.29, 0.717) is 15.7 Å². The predicted octanol–water partition coefficient (Wildman–Crippen LogP) is 4.20. The van der Waals surface area contributed by atoms with E-state index in [2.05, 4.69) is 26.2 Å². The van der Waals surface area contributed by atoms with Crippen LogP contribution in [0.4, 0.5) is 10.1 Å². The molecule has 0 spiro atoms. The van der Waals surface area contributed by atoms with Gasteiger partial charge in [0, 0.05) is 21.9 Å². The lowest BCUT2D eigenvalue weighted by atomic mass is 10.1. The Bertz CT molecular complexity index is 649. The van der Waals surface area contributed by atoms with Gasteiger partial charge in [-0.2, -0.15) is 0 Å². The van der Waals surface area contributed by atoms with E-state index in [0.717, 1.165) is 0 Å². The van der Waals surface area contributed by atoms with Gasteiger partial charge in [-0.3, -0.25) is 4.79 Å². The van der Waals surface area contributed by atoms with Crippen molar-refractivity contribution in [3.63, 3.8) is 0 Å². The molecule has 0 atom stereocenters. The Hall–Kier alpha value is -1.46. The number of benzene rings is 1. The number of carbonyl (C=O) groups excluding carboxylic acids is 1. The summed E-state index contributed by atoms with van der Waals surface area (Å²) in [5, 5.41) is 2.70. The highest BCUT2D eigenvalue weighted by Crippen LogP contribution is 2.22. The second kappa shape index (κ2) is 5.67. The number of hydrogen-bond acceptors (Lipinski definition) is 2. The smallest absolute Gasteiger partial charge is 0.258 e. The molecule has 0 saturated carbocycles. The summed E-state index contributed by atoms with van der Waals surface area (Å²) in [6, 6.07) is 6.03. The molecule has 0 bridgehead atoms. The van der Waals surface area contributed by atoms with Gasteiger partial charge in [-0.05, 0) is 41.1 Å². The van der Waals surface area contributed by atoms with Gasteiger partial charge in [0.2, 0.25) is 0 Å². The van der Waals surface area contributed by atoms with Gasteiger partial charge in [0.15, 0.2) is 0 Å². The molecule has 0 aliphatic heterocycles. The molecule has 2 rings (SSSR count). The number of aromatic nitrogens is 1. The standard InChI is InChI=1S/C13H9BrClFN2O/c1-7-10(16)3-2-4-11(7)18-13(19)9-5-8(14)6-17-12(9)15/h2-6H,1H3,(H,18,19). The molecule has 19 heavy (non-hydrogen) atoms. The van der Waals surface area contributed by atoms with Gasteiger partial charge < -0.3 is 5.32 Å². The summed E-state index contributed by atoms with van der Waals surface area (Å²) in [6.45, 7) is 1.59. The van der Waals surface area contributed by atoms with E-state index in [9.17, 15) is 9.18 Å². The van der Waals surface area contributed by atoms with E-state index in [1.807, 2.05) is 0 Å². The van der Waals surface area contributed by atoms with Gasteiger partial charge >= 0.3 is 0 Å². The Morgan fingerprint density at radius 2 is 2.21 bits per heavy atom. The molecule has 0 fully saturated rings. The number of halogens is 3. The molecule has 1 heterocycles. The summed E-state index contributed by atoms with van der Waals surface area (Å²) < 4.78 is 14.0. The summed E-state index contributed by atoms with van der Waals surface area (Å²) >= 11 is 9.08. The molecule has 3 nitrogen and oxygen atoms in total. The van der Waals surface area contributed by atoms with E-state index in [1.165, 1.54) is 18.3 Å². The largest absolute Gasteiger partial charge is 0.322 e. The van der Waals surface area contributed by atoms with Crippen molar-refractivity contribution in [3.05, 3.63) is 57.0 Å². The number of pyridine rings is 1. The second-order valence-corrected chi connectivity index (χ2v) is 5.13. The Kier molecular flexibility index (Phi) is 4.17. The van der Waals surface area contributed by atoms with Crippen LogP contribution in [0.15, 0.2) is 34.9 Å². The molecule has 6 heteroatoms. The first kappa shape index (κ1) is 14.0. The highest BCUT2D eigenvalue weighted by molar-refractivity contribution is 9.10. The number of nitrogens with one attached hydrogen (secondary N) is 1. The minimum absolute atomic E-state index is 0.0924. The van der Waals surface area contributed by atoms with Crippen LogP contribution in [0, 0.1) is 12.7 Å². The number of carbonyl (C=O) groups is 1. The van der Waals surface area contributed by atoms with Crippen LogP contribution < -0.4 is 5.32 Å². The first-order chi connectivity index (χ1) is 8.99. The molecular formula is C13H9BrClFN2O. The molecule has 1 amide bonds. The van der Waals surface area contributed by atoms with E-state index >= 15 is 0 Å². The number of anilines is 1. The van der Waals surface area contributed by atoms with Crippen molar-refractivity contribution < 1.29 is 9.18 Å². The molecule has 0 saturated heterocycles. The highest BCUT2D eigenvalue weighted by atomic mass is 79.9. The summed E-state index contributed by atoms with van der Waals surface area (Å²) in [7, 11) is 0. The number of rotatable bonds is 2. The van der Waals surface area contributed by atoms with Gasteiger partial charge in [0.1, 0.15) is 11.0 Å². The molecular weight excluding hydrogens is 335 g/mol. The van der Waals surface area contributed by atoms with Crippen LogP contribution in [0.2, 0.25) is 5.15 Å². The monoisotopic (exact) mass is 342 g/mol. The zero-order valence-electron chi connectivity index (χ0n) is 9.88. The Morgan fingerprint density at radius 3 is 2.95 bits per heavy atom. The molecule has 0 aliphatic rings. The highest BCUT2D eigenvalue weighted by Gasteiger charge is 2.14. The second-order valence-electron chi connectivity index (χ2n) is 3.86. The normalized spacial score (nSPS) is 10.3. The minimum Gasteiger partial charge on any atom is -0.322 e. The van der Waals surface area contributed by atoms with Gasteiger partial charge in [-0.25, -0.2) is 9.37 Å². The summed E-state index contributed by atoms with van der Waals surface area (Å²) in [6.07, 6.45) is 1.49. The van der Waals surface area contributed by atoms with Crippen LogP contribution in [0.5, 0.6) is 0 Å². The van der Waals surface area contributed by atoms with Crippen molar-refractivity contribution in [3.8, 4) is 0 Å². The fraction of sp³-hybridized carbons (Fsp3) is 0.0769. The maximum absolute atomic E-state index is 13.4. The molecule has 1 aromatic heterocycles. The van der Waals surface area contributed by atoms with Gasteiger partial charge in [0.25, 0.3) is 5.91 Å². The third-order valence-electron chi connectivity index (χ3n) is 2.57. The van der Waals surface area contributed by atoms with Crippen LogP contribution >= 0.6 is 27.5 Å². The molecule has 1 N–H and O–H groups in total. The van der Waals surface area contributed by atoms with Crippen molar-refractivity contribution in [2.24, 2.45) is 0 Å².